The minimum atomic E-state index is -1.09. The maximum atomic E-state index is 11.2. The van der Waals surface area contributed by atoms with Crippen molar-refractivity contribution in [2.24, 2.45) is 0 Å². The number of aromatic hydroxyl groups is 2. The molecular weight excluding hydrogens is 222 g/mol. The number of rotatable bonds is 5. The summed E-state index contributed by atoms with van der Waals surface area (Å²) in [4.78, 5) is 11.2. The van der Waals surface area contributed by atoms with E-state index in [-0.39, 0.29) is 17.9 Å². The van der Waals surface area contributed by atoms with Gasteiger partial charge >= 0.3 is 5.97 Å². The van der Waals surface area contributed by atoms with Gasteiger partial charge < -0.3 is 20.6 Å². The van der Waals surface area contributed by atoms with Gasteiger partial charge in [-0.1, -0.05) is 13.0 Å². The van der Waals surface area contributed by atoms with E-state index < -0.39 is 11.5 Å². The Morgan fingerprint density at radius 3 is 2.47 bits per heavy atom. The van der Waals surface area contributed by atoms with Crippen LogP contribution in [0.25, 0.3) is 0 Å². The molecule has 0 saturated heterocycles. The van der Waals surface area contributed by atoms with E-state index >= 15 is 0 Å². The third-order valence-electron chi connectivity index (χ3n) is 2.64. The van der Waals surface area contributed by atoms with E-state index in [1.54, 1.807) is 13.0 Å². The van der Waals surface area contributed by atoms with Crippen LogP contribution < -0.4 is 5.32 Å². The molecular formula is C12H17NO4. The van der Waals surface area contributed by atoms with E-state index in [4.69, 9.17) is 0 Å². The van der Waals surface area contributed by atoms with Gasteiger partial charge in [-0.15, -0.1) is 0 Å². The molecule has 0 amide bonds. The molecule has 0 saturated carbocycles. The summed E-state index contributed by atoms with van der Waals surface area (Å²) in [6.45, 7) is 3.95. The zero-order valence-corrected chi connectivity index (χ0v) is 9.90. The van der Waals surface area contributed by atoms with Gasteiger partial charge in [0, 0.05) is 6.42 Å². The highest BCUT2D eigenvalue weighted by molar-refractivity contribution is 5.78. The summed E-state index contributed by atoms with van der Waals surface area (Å²) in [5, 5.41) is 30.6. The lowest BCUT2D eigenvalue weighted by Crippen LogP contribution is -2.51. The third-order valence-corrected chi connectivity index (χ3v) is 2.64. The fourth-order valence-electron chi connectivity index (χ4n) is 1.69. The molecule has 1 rings (SSSR count). The average Bonchev–Trinajstić information content (AvgIpc) is 2.23. The molecule has 0 aromatic heterocycles. The Hall–Kier alpha value is -1.75. The first-order chi connectivity index (χ1) is 7.89. The second-order valence-electron chi connectivity index (χ2n) is 4.17. The van der Waals surface area contributed by atoms with E-state index in [9.17, 15) is 20.1 Å². The van der Waals surface area contributed by atoms with Crippen LogP contribution in [0.2, 0.25) is 0 Å². The van der Waals surface area contributed by atoms with Gasteiger partial charge in [-0.25, -0.2) is 0 Å². The van der Waals surface area contributed by atoms with Crippen molar-refractivity contribution in [3.8, 4) is 11.5 Å². The molecule has 0 unspecified atom stereocenters. The molecule has 0 spiro atoms. The molecule has 0 radical (unpaired) electrons. The number of nitrogens with one attached hydrogen (secondary N) is 1. The van der Waals surface area contributed by atoms with Crippen LogP contribution in [0.5, 0.6) is 11.5 Å². The number of benzene rings is 1. The van der Waals surface area contributed by atoms with Gasteiger partial charge in [0.1, 0.15) is 5.54 Å². The number of hydrogen-bond donors (Lipinski definition) is 4. The molecule has 5 heteroatoms. The second kappa shape index (κ2) is 5.05. The van der Waals surface area contributed by atoms with E-state index in [0.29, 0.717) is 12.1 Å². The second-order valence-corrected chi connectivity index (χ2v) is 4.17. The molecule has 1 aromatic carbocycles. The highest BCUT2D eigenvalue weighted by Crippen LogP contribution is 2.26. The monoisotopic (exact) mass is 239 g/mol. The van der Waals surface area contributed by atoms with Crippen molar-refractivity contribution in [2.75, 3.05) is 6.54 Å². The molecule has 5 nitrogen and oxygen atoms in total. The molecule has 4 N–H and O–H groups in total. The molecule has 1 atom stereocenters. The number of phenolic OH excluding ortho intramolecular Hbond substituents is 2. The molecule has 0 fully saturated rings. The Kier molecular flexibility index (Phi) is 3.96. The van der Waals surface area contributed by atoms with Gasteiger partial charge in [0.25, 0.3) is 0 Å². The number of carboxylic acids is 1. The number of phenols is 2. The normalized spacial score (nSPS) is 14.2. The van der Waals surface area contributed by atoms with Gasteiger partial charge in [0.05, 0.1) is 0 Å². The van der Waals surface area contributed by atoms with Crippen LogP contribution in [-0.2, 0) is 11.2 Å². The van der Waals surface area contributed by atoms with Crippen molar-refractivity contribution in [3.63, 3.8) is 0 Å². The molecule has 94 valence electrons. The number of aliphatic carboxylic acids is 1. The molecule has 0 heterocycles. The number of hydrogen-bond acceptors (Lipinski definition) is 4. The van der Waals surface area contributed by atoms with Crippen molar-refractivity contribution in [1.29, 1.82) is 0 Å². The summed E-state index contributed by atoms with van der Waals surface area (Å²) in [5.74, 6) is -1.41. The smallest absolute Gasteiger partial charge is 0.323 e. The predicted octanol–water partition coefficient (Wildman–Crippen LogP) is 1.09. The molecule has 17 heavy (non-hydrogen) atoms. The van der Waals surface area contributed by atoms with Crippen molar-refractivity contribution >= 4 is 5.97 Å². The van der Waals surface area contributed by atoms with E-state index in [0.717, 1.165) is 0 Å². The van der Waals surface area contributed by atoms with Crippen molar-refractivity contribution in [2.45, 2.75) is 25.8 Å². The van der Waals surface area contributed by atoms with E-state index in [1.165, 1.54) is 12.1 Å². The fraction of sp³-hybridized carbons (Fsp3) is 0.417. The Morgan fingerprint density at radius 1 is 1.35 bits per heavy atom. The van der Waals surface area contributed by atoms with Crippen molar-refractivity contribution in [3.05, 3.63) is 23.8 Å². The highest BCUT2D eigenvalue weighted by atomic mass is 16.4. The first kappa shape index (κ1) is 13.3. The van der Waals surface area contributed by atoms with Crippen LogP contribution in [0, 0.1) is 0 Å². The maximum Gasteiger partial charge on any atom is 0.323 e. The average molecular weight is 239 g/mol. The van der Waals surface area contributed by atoms with Crippen LogP contribution >= 0.6 is 0 Å². The molecule has 0 aliphatic heterocycles. The van der Waals surface area contributed by atoms with Gasteiger partial charge in [-0.2, -0.15) is 0 Å². The lowest BCUT2D eigenvalue weighted by molar-refractivity contribution is -0.144. The minimum Gasteiger partial charge on any atom is -0.504 e. The third kappa shape index (κ3) is 3.10. The molecule has 0 aliphatic carbocycles. The van der Waals surface area contributed by atoms with Crippen LogP contribution in [0.1, 0.15) is 19.4 Å². The van der Waals surface area contributed by atoms with Crippen molar-refractivity contribution < 1.29 is 20.1 Å². The zero-order chi connectivity index (χ0) is 13.1. The molecule has 0 aliphatic rings. The molecule has 1 aromatic rings. The minimum absolute atomic E-state index is 0.214. The van der Waals surface area contributed by atoms with Crippen molar-refractivity contribution in [1.82, 2.24) is 5.32 Å². The first-order valence-electron chi connectivity index (χ1n) is 5.38. The van der Waals surface area contributed by atoms with Crippen LogP contribution in [0.3, 0.4) is 0 Å². The largest absolute Gasteiger partial charge is 0.504 e. The number of likely N-dealkylation sites (N-methyl/N-ethyl adjacent to an activating group) is 1. The highest BCUT2D eigenvalue weighted by Gasteiger charge is 2.32. The Labute approximate surface area is 99.7 Å². The number of carbonyl (C=O) groups is 1. The first-order valence-corrected chi connectivity index (χ1v) is 5.38. The summed E-state index contributed by atoms with van der Waals surface area (Å²) in [7, 11) is 0. The summed E-state index contributed by atoms with van der Waals surface area (Å²) < 4.78 is 0. The van der Waals surface area contributed by atoms with Crippen LogP contribution in [-0.4, -0.2) is 33.4 Å². The lowest BCUT2D eigenvalue weighted by atomic mass is 9.92. The van der Waals surface area contributed by atoms with Gasteiger partial charge in [0.2, 0.25) is 0 Å². The van der Waals surface area contributed by atoms with E-state index in [1.807, 2.05) is 6.92 Å². The fourth-order valence-corrected chi connectivity index (χ4v) is 1.69. The quantitative estimate of drug-likeness (QED) is 0.578. The number of carboxylic acid groups (broad SMARTS) is 1. The van der Waals surface area contributed by atoms with E-state index in [2.05, 4.69) is 5.32 Å². The van der Waals surface area contributed by atoms with Gasteiger partial charge in [0.15, 0.2) is 11.5 Å². The SMILES string of the molecule is CCN[C@@](C)(Cc1ccc(O)c(O)c1)C(=O)O. The van der Waals surface area contributed by atoms with Crippen LogP contribution in [0.4, 0.5) is 0 Å². The van der Waals surface area contributed by atoms with Crippen LogP contribution in [0.15, 0.2) is 18.2 Å². The molecule has 0 bridgehead atoms. The summed E-state index contributed by atoms with van der Waals surface area (Å²) in [5.41, 5.74) is -0.441. The topological polar surface area (TPSA) is 89.8 Å². The maximum absolute atomic E-state index is 11.2. The zero-order valence-electron chi connectivity index (χ0n) is 9.90. The Balaban J connectivity index is 2.94. The predicted molar refractivity (Wildman–Crippen MR) is 63.2 cm³/mol. The summed E-state index contributed by atoms with van der Waals surface area (Å²) in [6.07, 6.45) is 0.226. The lowest BCUT2D eigenvalue weighted by Gasteiger charge is -2.25. The van der Waals surface area contributed by atoms with Gasteiger partial charge in [-0.3, -0.25) is 4.79 Å². The summed E-state index contributed by atoms with van der Waals surface area (Å²) >= 11 is 0. The summed E-state index contributed by atoms with van der Waals surface area (Å²) in [6, 6.07) is 4.31. The standard InChI is InChI=1S/C12H17NO4/c1-3-13-12(2,11(16)17)7-8-4-5-9(14)10(15)6-8/h4-6,13-15H,3,7H2,1-2H3,(H,16,17)/t12-/m0/s1. The Morgan fingerprint density at radius 2 is 2.00 bits per heavy atom. The Bertz CT molecular complexity index is 419. The van der Waals surface area contributed by atoms with Gasteiger partial charge in [-0.05, 0) is 31.2 Å².